The lowest BCUT2D eigenvalue weighted by molar-refractivity contribution is -0.138. The molecule has 7 N–H and O–H groups in total. The lowest BCUT2D eigenvalue weighted by Crippen LogP contribution is -2.38. The maximum absolute atomic E-state index is 11.0. The first-order chi connectivity index (χ1) is 14.3. The number of aromatic nitrogens is 4. The fraction of sp³-hybridized carbons (Fsp3) is 0.556. The zero-order chi connectivity index (χ0) is 21.8. The van der Waals surface area contributed by atoms with Crippen molar-refractivity contribution < 1.29 is 24.9 Å². The summed E-state index contributed by atoms with van der Waals surface area (Å²) < 4.78 is 7.50. The molecule has 11 nitrogen and oxygen atoms in total. The minimum atomic E-state index is -1.20. The van der Waals surface area contributed by atoms with Gasteiger partial charge in [0, 0.05) is 17.3 Å². The molecule has 30 heavy (non-hydrogen) atoms. The van der Waals surface area contributed by atoms with Crippen LogP contribution in [0.5, 0.6) is 0 Å². The van der Waals surface area contributed by atoms with Gasteiger partial charge in [-0.2, -0.15) is 0 Å². The number of aliphatic hydroxyl groups is 2. The summed E-state index contributed by atoms with van der Waals surface area (Å²) in [5.41, 5.74) is 12.2. The van der Waals surface area contributed by atoms with Crippen molar-refractivity contribution in [2.45, 2.75) is 43.9 Å². The Balaban J connectivity index is 1.74. The van der Waals surface area contributed by atoms with Crippen molar-refractivity contribution in [3.63, 3.8) is 0 Å². The van der Waals surface area contributed by atoms with Crippen LogP contribution >= 0.6 is 0 Å². The molecule has 0 spiro atoms. The van der Waals surface area contributed by atoms with Crippen molar-refractivity contribution >= 4 is 33.8 Å². The number of nitrogen functional groups attached to an aromatic ring is 1. The molecular weight excluding hydrogens is 412 g/mol. The average Bonchev–Trinajstić information content (AvgIpc) is 3.26. The first-order valence-electron chi connectivity index (χ1n) is 9.30. The van der Waals surface area contributed by atoms with E-state index in [0.29, 0.717) is 34.8 Å². The zero-order valence-electron chi connectivity index (χ0n) is 16.4. The quantitative estimate of drug-likeness (QED) is 0.240. The van der Waals surface area contributed by atoms with Crippen LogP contribution in [-0.2, 0) is 20.4 Å². The normalized spacial score (nSPS) is 25.6. The van der Waals surface area contributed by atoms with Gasteiger partial charge < -0.3 is 31.5 Å². The van der Waals surface area contributed by atoms with Crippen LogP contribution in [0.4, 0.5) is 5.82 Å². The van der Waals surface area contributed by atoms with Gasteiger partial charge in [0.25, 0.3) is 0 Å². The maximum atomic E-state index is 11.0. The molecule has 0 saturated carbocycles. The van der Waals surface area contributed by atoms with Crippen LogP contribution in [0, 0.1) is 11.8 Å². The second-order valence-corrected chi connectivity index (χ2v) is 9.17. The van der Waals surface area contributed by atoms with Crippen LogP contribution in [0.1, 0.15) is 19.6 Å². The highest BCUT2D eigenvalue weighted by Gasteiger charge is 2.47. The predicted molar refractivity (Wildman–Crippen MR) is 111 cm³/mol. The third-order valence-electron chi connectivity index (χ3n) is 4.89. The molecule has 0 aliphatic carbocycles. The number of anilines is 1. The molecule has 0 amide bonds. The Hall–Kier alpha value is -2.43. The molecule has 0 aromatic carbocycles. The van der Waals surface area contributed by atoms with Gasteiger partial charge in [0.05, 0.1) is 6.33 Å². The van der Waals surface area contributed by atoms with Crippen LogP contribution in [-0.4, -0.2) is 82.4 Å². The molecule has 0 bridgehead atoms. The molecule has 12 heteroatoms. The van der Waals surface area contributed by atoms with Crippen molar-refractivity contribution in [1.82, 2.24) is 19.5 Å². The van der Waals surface area contributed by atoms with Crippen LogP contribution in [0.25, 0.3) is 11.2 Å². The molecule has 1 aliphatic rings. The smallest absolute Gasteiger partial charge is 0.320 e. The Morgan fingerprint density at radius 2 is 2.13 bits per heavy atom. The molecule has 162 valence electrons. The van der Waals surface area contributed by atoms with E-state index in [9.17, 15) is 15.0 Å². The van der Waals surface area contributed by atoms with E-state index in [1.54, 1.807) is 6.92 Å². The third kappa shape index (κ3) is 4.66. The fourth-order valence-corrected chi connectivity index (χ4v) is 5.30. The predicted octanol–water partition coefficient (Wildman–Crippen LogP) is -1.53. The number of hydrogen-bond acceptors (Lipinski definition) is 9. The van der Waals surface area contributed by atoms with E-state index < -0.39 is 36.6 Å². The summed E-state index contributed by atoms with van der Waals surface area (Å²) in [4.78, 5) is 23.2. The molecule has 1 fully saturated rings. The molecular formula is C18H25N6O5S+. The number of nitrogens with two attached hydrogens (primary N) is 2. The molecule has 3 heterocycles. The van der Waals surface area contributed by atoms with Crippen LogP contribution in [0.3, 0.4) is 0 Å². The summed E-state index contributed by atoms with van der Waals surface area (Å²) >= 11 is 0. The summed E-state index contributed by atoms with van der Waals surface area (Å²) in [5.74, 6) is 6.47. The number of aliphatic hydroxyl groups excluding tert-OH is 2. The van der Waals surface area contributed by atoms with Gasteiger partial charge in [0.2, 0.25) is 0 Å². The van der Waals surface area contributed by atoms with Gasteiger partial charge in [0.15, 0.2) is 23.4 Å². The van der Waals surface area contributed by atoms with Gasteiger partial charge in [-0.25, -0.2) is 15.0 Å². The fourth-order valence-electron chi connectivity index (χ4n) is 3.19. The zero-order valence-corrected chi connectivity index (χ0v) is 17.2. The Kier molecular flexibility index (Phi) is 7.11. The molecule has 1 aliphatic heterocycles. The number of carboxylic acids is 1. The summed E-state index contributed by atoms with van der Waals surface area (Å²) in [6.07, 6.45) is -0.874. The standard InChI is InChI=1S/C18H24N6O5S/c1-2-3-5-30(6-4-10(19)18(27)28)7-11-13(25)14(26)17(29-11)24-9-23-12-15(20)21-8-22-16(12)24/h8-11,13-14,17,25-26H,4-7,19H2,1H3,(H2-,20,21,22,27,28)/p+1/t10-,11+,13-,14?,17+,30?/m0/s1. The first-order valence-corrected chi connectivity index (χ1v) is 11.0. The van der Waals surface area contributed by atoms with E-state index in [1.807, 2.05) is 0 Å². The lowest BCUT2D eigenvalue weighted by Gasteiger charge is -2.16. The molecule has 6 atom stereocenters. The number of fused-ring (bicyclic) bond motifs is 1. The highest BCUT2D eigenvalue weighted by atomic mass is 32.2. The van der Waals surface area contributed by atoms with E-state index in [1.165, 1.54) is 17.2 Å². The van der Waals surface area contributed by atoms with Crippen molar-refractivity contribution in [1.29, 1.82) is 0 Å². The summed E-state index contributed by atoms with van der Waals surface area (Å²) in [6, 6.07) is -0.954. The average molecular weight is 438 g/mol. The van der Waals surface area contributed by atoms with Crippen LogP contribution in [0.15, 0.2) is 12.7 Å². The molecule has 2 aromatic heterocycles. The monoisotopic (exact) mass is 437 g/mol. The highest BCUT2D eigenvalue weighted by Crippen LogP contribution is 2.32. The van der Waals surface area contributed by atoms with Crippen molar-refractivity contribution in [2.24, 2.45) is 5.73 Å². The van der Waals surface area contributed by atoms with E-state index >= 15 is 0 Å². The molecule has 2 aromatic rings. The van der Waals surface area contributed by atoms with E-state index in [2.05, 4.69) is 26.8 Å². The number of ether oxygens (including phenoxy) is 1. The second-order valence-electron chi connectivity index (χ2n) is 6.92. The van der Waals surface area contributed by atoms with E-state index in [0.717, 1.165) is 0 Å². The minimum absolute atomic E-state index is 0.206. The largest absolute Gasteiger partial charge is 0.480 e. The van der Waals surface area contributed by atoms with Gasteiger partial charge in [-0.15, -0.1) is 5.92 Å². The molecule has 0 radical (unpaired) electrons. The van der Waals surface area contributed by atoms with Crippen LogP contribution in [0.2, 0.25) is 0 Å². The van der Waals surface area contributed by atoms with Gasteiger partial charge in [-0.3, -0.25) is 9.36 Å². The van der Waals surface area contributed by atoms with Crippen molar-refractivity contribution in [3.05, 3.63) is 12.7 Å². The summed E-state index contributed by atoms with van der Waals surface area (Å²) in [6.45, 7) is 1.73. The summed E-state index contributed by atoms with van der Waals surface area (Å²) in [5, 5.41) is 30.2. The Morgan fingerprint density at radius 3 is 2.83 bits per heavy atom. The van der Waals surface area contributed by atoms with E-state index in [4.69, 9.17) is 21.3 Å². The van der Waals surface area contributed by atoms with Crippen LogP contribution < -0.4 is 11.5 Å². The molecule has 1 saturated heterocycles. The molecule has 3 rings (SSSR count). The lowest BCUT2D eigenvalue weighted by atomic mass is 10.1. The number of carbonyl (C=O) groups is 1. The van der Waals surface area contributed by atoms with Gasteiger partial charge in [-0.1, -0.05) is 0 Å². The third-order valence-corrected chi connectivity index (χ3v) is 7.05. The van der Waals surface area contributed by atoms with Gasteiger partial charge in [0.1, 0.15) is 47.7 Å². The Labute approximate surface area is 175 Å². The second kappa shape index (κ2) is 9.59. The Morgan fingerprint density at radius 1 is 1.37 bits per heavy atom. The number of aliphatic carboxylic acids is 1. The number of rotatable bonds is 8. The SMILES string of the molecule is CC#CC[S+](CC[C@H](N)C(=O)O)C[C@H]1O[C@@H](n2cnc3c(N)ncnc32)C(O)[C@H]1O. The number of carboxylic acid groups (broad SMARTS) is 1. The minimum Gasteiger partial charge on any atom is -0.480 e. The van der Waals surface area contributed by atoms with Crippen molar-refractivity contribution in [2.75, 3.05) is 23.0 Å². The van der Waals surface area contributed by atoms with Gasteiger partial charge in [-0.05, 0) is 12.8 Å². The Bertz CT molecular complexity index is 959. The highest BCUT2D eigenvalue weighted by molar-refractivity contribution is 7.97. The van der Waals surface area contributed by atoms with E-state index in [-0.39, 0.29) is 16.7 Å². The van der Waals surface area contributed by atoms with Crippen molar-refractivity contribution in [3.8, 4) is 11.8 Å². The topological polar surface area (TPSA) is 183 Å². The number of imidazole rings is 1. The first kappa shape index (κ1) is 22.3. The molecule has 2 unspecified atom stereocenters. The number of nitrogens with zero attached hydrogens (tertiary/aromatic N) is 4. The number of hydrogen-bond donors (Lipinski definition) is 5. The summed E-state index contributed by atoms with van der Waals surface area (Å²) in [7, 11) is -0.363. The maximum Gasteiger partial charge on any atom is 0.320 e. The van der Waals surface area contributed by atoms with Gasteiger partial charge >= 0.3 is 5.97 Å².